The number of methoxy groups -OCH3 is 1. The Morgan fingerprint density at radius 2 is 1.86 bits per heavy atom. The summed E-state index contributed by atoms with van der Waals surface area (Å²) in [5.41, 5.74) is 15.7. The van der Waals surface area contributed by atoms with E-state index in [1.807, 2.05) is 19.1 Å². The third-order valence-electron chi connectivity index (χ3n) is 10.8. The summed E-state index contributed by atoms with van der Waals surface area (Å²) in [6.45, 7) is 9.21. The first kappa shape index (κ1) is 27.3. The van der Waals surface area contributed by atoms with Crippen molar-refractivity contribution in [2.75, 3.05) is 20.3 Å². The van der Waals surface area contributed by atoms with Crippen molar-refractivity contribution < 1.29 is 9.53 Å². The van der Waals surface area contributed by atoms with Crippen LogP contribution in [-0.4, -0.2) is 43.3 Å². The van der Waals surface area contributed by atoms with Gasteiger partial charge in [0.15, 0.2) is 5.78 Å². The Bertz CT molecular complexity index is 928. The first-order valence-corrected chi connectivity index (χ1v) is 14.0. The van der Waals surface area contributed by atoms with E-state index in [2.05, 4.69) is 18.8 Å². The highest BCUT2D eigenvalue weighted by molar-refractivity contribution is 5.85. The molecule has 0 bridgehead atoms. The molecule has 36 heavy (non-hydrogen) atoms. The van der Waals surface area contributed by atoms with Crippen molar-refractivity contribution in [3.05, 3.63) is 36.1 Å². The SMILES string of the molecule is C=C/C(NCC(=O)C1CCC2C1(C)CCC1C3(N)CCC(COC)CC3CCC21N)=C(C=N)\C=C/C. The minimum absolute atomic E-state index is 0.0106. The topological polar surface area (TPSA) is 114 Å². The van der Waals surface area contributed by atoms with E-state index < -0.39 is 0 Å². The maximum Gasteiger partial charge on any atom is 0.155 e. The number of hydrogen-bond donors (Lipinski definition) is 4. The van der Waals surface area contributed by atoms with Crippen molar-refractivity contribution in [1.29, 1.82) is 5.41 Å². The Hall–Kier alpha value is -1.76. The molecule has 0 aromatic carbocycles. The van der Waals surface area contributed by atoms with Gasteiger partial charge in [-0.2, -0.15) is 0 Å². The summed E-state index contributed by atoms with van der Waals surface area (Å²) < 4.78 is 5.47. The quantitative estimate of drug-likeness (QED) is 0.277. The average molecular weight is 497 g/mol. The van der Waals surface area contributed by atoms with E-state index in [1.54, 1.807) is 13.2 Å². The van der Waals surface area contributed by atoms with Crippen molar-refractivity contribution >= 4 is 12.0 Å². The number of carbonyl (C=O) groups is 1. The standard InChI is InChI=1S/C30H48N4O2/c1-5-7-21(17-31)24(6-2)34-18-25(35)23-8-9-26-28(23,3)13-12-27-29(32)14-10-20(19-36-4)16-22(29)11-15-30(26,27)33/h5-7,17,20,22-23,26-27,31,34H,2,8-16,18-19,32-33H2,1,3-4H3/b7-5-,24-21-,31-17?. The second-order valence-corrected chi connectivity index (χ2v) is 12.4. The molecule has 4 aliphatic carbocycles. The van der Waals surface area contributed by atoms with Crippen LogP contribution in [0.15, 0.2) is 36.1 Å². The van der Waals surface area contributed by atoms with Gasteiger partial charge in [-0.1, -0.05) is 25.7 Å². The molecule has 6 N–H and O–H groups in total. The molecule has 8 unspecified atom stereocenters. The van der Waals surface area contributed by atoms with Crippen LogP contribution in [-0.2, 0) is 9.53 Å². The number of Topliss-reactive ketones (excluding diaryl/α,β-unsaturated/α-hetero) is 1. The normalized spacial score (nSPS) is 42.6. The summed E-state index contributed by atoms with van der Waals surface area (Å²) in [6, 6.07) is 0. The molecule has 0 saturated heterocycles. The zero-order chi connectivity index (χ0) is 26.1. The molecule has 6 heteroatoms. The van der Waals surface area contributed by atoms with Crippen LogP contribution in [0.4, 0.5) is 0 Å². The van der Waals surface area contributed by atoms with Crippen LogP contribution in [0.1, 0.15) is 71.6 Å². The lowest BCUT2D eigenvalue weighted by Gasteiger charge is -2.65. The predicted octanol–water partition coefficient (Wildman–Crippen LogP) is 4.50. The molecule has 4 saturated carbocycles. The van der Waals surface area contributed by atoms with Crippen LogP contribution in [0.3, 0.4) is 0 Å². The average Bonchev–Trinajstić information content (AvgIpc) is 3.22. The molecule has 0 radical (unpaired) electrons. The zero-order valence-corrected chi connectivity index (χ0v) is 22.7. The molecule has 6 nitrogen and oxygen atoms in total. The number of nitrogens with two attached hydrogens (primary N) is 2. The Labute approximate surface area is 217 Å². The van der Waals surface area contributed by atoms with Gasteiger partial charge in [-0.25, -0.2) is 0 Å². The lowest BCUT2D eigenvalue weighted by molar-refractivity contribution is -0.132. The fourth-order valence-corrected chi connectivity index (χ4v) is 9.13. The molecule has 0 aromatic rings. The predicted molar refractivity (Wildman–Crippen MR) is 147 cm³/mol. The molecule has 4 rings (SSSR count). The number of hydrogen-bond acceptors (Lipinski definition) is 6. The Kier molecular flexibility index (Phi) is 7.99. The van der Waals surface area contributed by atoms with Gasteiger partial charge < -0.3 is 26.9 Å². The van der Waals surface area contributed by atoms with Gasteiger partial charge in [-0.3, -0.25) is 4.79 Å². The van der Waals surface area contributed by atoms with Crippen molar-refractivity contribution in [1.82, 2.24) is 5.32 Å². The summed E-state index contributed by atoms with van der Waals surface area (Å²) in [7, 11) is 1.80. The van der Waals surface area contributed by atoms with Gasteiger partial charge in [0.05, 0.1) is 6.54 Å². The number of ketones is 1. The molecule has 0 amide bonds. The van der Waals surface area contributed by atoms with E-state index in [4.69, 9.17) is 21.6 Å². The number of ether oxygens (including phenoxy) is 1. The minimum atomic E-state index is -0.278. The van der Waals surface area contributed by atoms with Crippen LogP contribution in [0.25, 0.3) is 0 Å². The third-order valence-corrected chi connectivity index (χ3v) is 10.8. The summed E-state index contributed by atoms with van der Waals surface area (Å²) in [5, 5.41) is 11.0. The van der Waals surface area contributed by atoms with Crippen molar-refractivity contribution in [3.63, 3.8) is 0 Å². The van der Waals surface area contributed by atoms with Gasteiger partial charge in [0, 0.05) is 48.2 Å². The van der Waals surface area contributed by atoms with E-state index in [-0.39, 0.29) is 34.7 Å². The van der Waals surface area contributed by atoms with Crippen LogP contribution < -0.4 is 16.8 Å². The molecule has 8 atom stereocenters. The highest BCUT2D eigenvalue weighted by atomic mass is 16.5. The molecule has 200 valence electrons. The van der Waals surface area contributed by atoms with Crippen molar-refractivity contribution in [2.24, 2.45) is 46.5 Å². The van der Waals surface area contributed by atoms with Gasteiger partial charge >= 0.3 is 0 Å². The Morgan fingerprint density at radius 1 is 1.11 bits per heavy atom. The van der Waals surface area contributed by atoms with Gasteiger partial charge in [-0.05, 0) is 99.9 Å². The number of allylic oxidation sites excluding steroid dienone is 4. The second kappa shape index (κ2) is 10.5. The van der Waals surface area contributed by atoms with Gasteiger partial charge in [0.2, 0.25) is 0 Å². The number of fused-ring (bicyclic) bond motifs is 5. The zero-order valence-electron chi connectivity index (χ0n) is 22.7. The van der Waals surface area contributed by atoms with Gasteiger partial charge in [0.25, 0.3) is 0 Å². The third kappa shape index (κ3) is 4.43. The lowest BCUT2D eigenvalue weighted by atomic mass is 9.43. The lowest BCUT2D eigenvalue weighted by Crippen LogP contribution is -2.74. The van der Waals surface area contributed by atoms with Gasteiger partial charge in [0.1, 0.15) is 0 Å². The maximum absolute atomic E-state index is 13.6. The van der Waals surface area contributed by atoms with Crippen LogP contribution in [0, 0.1) is 40.4 Å². The minimum Gasteiger partial charge on any atom is -0.384 e. The Balaban J connectivity index is 1.50. The fraction of sp³-hybridized carbons (Fsp3) is 0.733. The summed E-state index contributed by atoms with van der Waals surface area (Å²) in [5.74, 6) is 2.09. The Morgan fingerprint density at radius 3 is 2.53 bits per heavy atom. The highest BCUT2D eigenvalue weighted by Gasteiger charge is 2.66. The maximum atomic E-state index is 13.6. The van der Waals surface area contributed by atoms with E-state index >= 15 is 0 Å². The number of carbonyl (C=O) groups excluding carboxylic acids is 1. The van der Waals surface area contributed by atoms with Gasteiger partial charge in [-0.15, -0.1) is 0 Å². The first-order chi connectivity index (χ1) is 17.2. The smallest absolute Gasteiger partial charge is 0.155 e. The molecule has 4 fully saturated rings. The highest BCUT2D eigenvalue weighted by Crippen LogP contribution is 2.65. The summed E-state index contributed by atoms with van der Waals surface area (Å²) >= 11 is 0. The van der Waals surface area contributed by atoms with E-state index in [0.29, 0.717) is 23.7 Å². The van der Waals surface area contributed by atoms with Crippen LogP contribution in [0.2, 0.25) is 0 Å². The summed E-state index contributed by atoms with van der Waals surface area (Å²) in [6.07, 6.45) is 16.2. The van der Waals surface area contributed by atoms with Crippen LogP contribution >= 0.6 is 0 Å². The molecular formula is C30H48N4O2. The van der Waals surface area contributed by atoms with E-state index in [0.717, 1.165) is 75.7 Å². The molecule has 0 spiro atoms. The van der Waals surface area contributed by atoms with E-state index in [9.17, 15) is 4.79 Å². The number of rotatable bonds is 9. The van der Waals surface area contributed by atoms with Crippen molar-refractivity contribution in [2.45, 2.75) is 82.7 Å². The fourth-order valence-electron chi connectivity index (χ4n) is 9.13. The first-order valence-electron chi connectivity index (χ1n) is 14.0. The molecule has 0 aliphatic heterocycles. The molecule has 0 aromatic heterocycles. The largest absolute Gasteiger partial charge is 0.384 e. The molecule has 4 aliphatic rings. The summed E-state index contributed by atoms with van der Waals surface area (Å²) in [4.78, 5) is 13.6. The monoisotopic (exact) mass is 496 g/mol. The van der Waals surface area contributed by atoms with Crippen LogP contribution in [0.5, 0.6) is 0 Å². The second-order valence-electron chi connectivity index (χ2n) is 12.4. The number of nitrogens with one attached hydrogen (secondary N) is 2. The molecule has 0 heterocycles. The molecular weight excluding hydrogens is 448 g/mol. The van der Waals surface area contributed by atoms with E-state index in [1.165, 1.54) is 6.21 Å². The van der Waals surface area contributed by atoms with Crippen molar-refractivity contribution in [3.8, 4) is 0 Å².